The summed E-state index contributed by atoms with van der Waals surface area (Å²) >= 11 is 0. The number of carbonyl (C=O) groups excluding carboxylic acids is 1. The highest BCUT2D eigenvalue weighted by molar-refractivity contribution is 5.68. The maximum absolute atomic E-state index is 12.1. The quantitative estimate of drug-likeness (QED) is 0.798. The maximum Gasteiger partial charge on any atom is 0.410 e. The highest BCUT2D eigenvalue weighted by atomic mass is 16.6. The Balaban J connectivity index is 2.01. The van der Waals surface area contributed by atoms with E-state index < -0.39 is 5.60 Å². The van der Waals surface area contributed by atoms with Gasteiger partial charge in [0.05, 0.1) is 11.9 Å². The number of aromatic nitrogens is 1. The van der Waals surface area contributed by atoms with Crippen LogP contribution >= 0.6 is 0 Å². The van der Waals surface area contributed by atoms with E-state index >= 15 is 0 Å². The number of hydrogen-bond donors (Lipinski definition) is 0. The second-order valence-corrected chi connectivity index (χ2v) is 6.69. The van der Waals surface area contributed by atoms with Crippen LogP contribution in [0.25, 0.3) is 0 Å². The largest absolute Gasteiger partial charge is 0.444 e. The van der Waals surface area contributed by atoms with E-state index in [0.717, 1.165) is 17.8 Å². The molecule has 1 unspecified atom stereocenters. The van der Waals surface area contributed by atoms with E-state index in [1.165, 1.54) is 0 Å². The molecule has 1 aliphatic rings. The van der Waals surface area contributed by atoms with Crippen LogP contribution in [0, 0.1) is 6.92 Å². The van der Waals surface area contributed by atoms with E-state index in [0.29, 0.717) is 13.1 Å². The fourth-order valence-corrected chi connectivity index (χ4v) is 2.53. The van der Waals surface area contributed by atoms with Gasteiger partial charge in [-0.2, -0.15) is 0 Å². The lowest BCUT2D eigenvalue weighted by molar-refractivity contribution is 0.0219. The second kappa shape index (κ2) is 5.92. The van der Waals surface area contributed by atoms with Crippen molar-refractivity contribution in [2.45, 2.75) is 46.3 Å². The minimum atomic E-state index is -0.447. The van der Waals surface area contributed by atoms with E-state index in [4.69, 9.17) is 4.74 Å². The van der Waals surface area contributed by atoms with Gasteiger partial charge in [0.25, 0.3) is 0 Å². The molecule has 2 rings (SSSR count). The minimum absolute atomic E-state index is 0.226. The van der Waals surface area contributed by atoms with Gasteiger partial charge in [0.15, 0.2) is 0 Å². The Bertz CT molecular complexity index is 510. The van der Waals surface area contributed by atoms with Gasteiger partial charge in [-0.25, -0.2) is 4.79 Å². The molecule has 2 heterocycles. The topological polar surface area (TPSA) is 45.7 Å². The van der Waals surface area contributed by atoms with Gasteiger partial charge in [0, 0.05) is 31.9 Å². The zero-order chi connectivity index (χ0) is 15.6. The van der Waals surface area contributed by atoms with E-state index in [2.05, 4.69) is 22.9 Å². The van der Waals surface area contributed by atoms with Crippen molar-refractivity contribution in [3.05, 3.63) is 24.0 Å². The van der Waals surface area contributed by atoms with Gasteiger partial charge in [-0.05, 0) is 46.2 Å². The number of nitrogens with zero attached hydrogens (tertiary/aromatic N) is 3. The van der Waals surface area contributed by atoms with Crippen molar-refractivity contribution < 1.29 is 9.53 Å². The van der Waals surface area contributed by atoms with Crippen LogP contribution in [0.3, 0.4) is 0 Å². The fourth-order valence-electron chi connectivity index (χ4n) is 2.53. The number of aryl methyl sites for hydroxylation is 1. The van der Waals surface area contributed by atoms with Crippen LogP contribution < -0.4 is 4.90 Å². The molecule has 1 saturated heterocycles. The normalized spacial score (nSPS) is 19.6. The van der Waals surface area contributed by atoms with Gasteiger partial charge >= 0.3 is 6.09 Å². The summed E-state index contributed by atoms with van der Waals surface area (Å²) in [6, 6.07) is 2.38. The number of amides is 1. The highest BCUT2D eigenvalue weighted by Crippen LogP contribution is 2.21. The third-order valence-electron chi connectivity index (χ3n) is 3.47. The molecule has 21 heavy (non-hydrogen) atoms. The van der Waals surface area contributed by atoms with Crippen LogP contribution in [0.2, 0.25) is 0 Å². The molecule has 0 N–H and O–H groups in total. The first-order chi connectivity index (χ1) is 9.76. The maximum atomic E-state index is 12.1. The molecule has 0 bridgehead atoms. The molecule has 0 saturated carbocycles. The van der Waals surface area contributed by atoms with Gasteiger partial charge in [0.1, 0.15) is 5.60 Å². The molecule has 0 spiro atoms. The average molecular weight is 291 g/mol. The van der Waals surface area contributed by atoms with Crippen LogP contribution in [0.1, 0.15) is 33.3 Å². The summed E-state index contributed by atoms with van der Waals surface area (Å²) in [7, 11) is 0. The Kier molecular flexibility index (Phi) is 4.40. The number of hydrogen-bond acceptors (Lipinski definition) is 4. The molecule has 1 fully saturated rings. The summed E-state index contributed by atoms with van der Waals surface area (Å²) in [5.41, 5.74) is 1.82. The van der Waals surface area contributed by atoms with Crippen LogP contribution in [0.4, 0.5) is 10.5 Å². The summed E-state index contributed by atoms with van der Waals surface area (Å²) in [6.07, 6.45) is 3.51. The van der Waals surface area contributed by atoms with E-state index in [-0.39, 0.29) is 12.1 Å². The van der Waals surface area contributed by atoms with Crippen molar-refractivity contribution in [2.75, 3.05) is 24.5 Å². The van der Waals surface area contributed by atoms with Crippen molar-refractivity contribution in [2.24, 2.45) is 0 Å². The van der Waals surface area contributed by atoms with E-state index in [1.807, 2.05) is 40.1 Å². The lowest BCUT2D eigenvalue weighted by Gasteiger charge is -2.41. The highest BCUT2D eigenvalue weighted by Gasteiger charge is 2.29. The summed E-state index contributed by atoms with van der Waals surface area (Å²) in [6.45, 7) is 12.0. The van der Waals surface area contributed by atoms with Crippen LogP contribution in [-0.4, -0.2) is 47.3 Å². The van der Waals surface area contributed by atoms with Gasteiger partial charge in [-0.3, -0.25) is 4.98 Å². The average Bonchev–Trinajstić information content (AvgIpc) is 2.36. The number of anilines is 1. The zero-order valence-corrected chi connectivity index (χ0v) is 13.6. The first-order valence-corrected chi connectivity index (χ1v) is 7.42. The number of ether oxygens (including phenoxy) is 1. The third-order valence-corrected chi connectivity index (χ3v) is 3.47. The summed E-state index contributed by atoms with van der Waals surface area (Å²) in [5.74, 6) is 0. The molecule has 0 aromatic carbocycles. The second-order valence-electron chi connectivity index (χ2n) is 6.69. The Morgan fingerprint density at radius 2 is 2.05 bits per heavy atom. The van der Waals surface area contributed by atoms with Crippen LogP contribution in [0.5, 0.6) is 0 Å². The Hall–Kier alpha value is -1.78. The SMILES string of the molecule is Cc1cncc(N2CCN(C(=O)OC(C)(C)C)CC2C)c1. The molecule has 0 aliphatic carbocycles. The zero-order valence-electron chi connectivity index (χ0n) is 13.6. The van der Waals surface area contributed by atoms with Crippen LogP contribution in [-0.2, 0) is 4.74 Å². The first-order valence-electron chi connectivity index (χ1n) is 7.42. The van der Waals surface area contributed by atoms with E-state index in [9.17, 15) is 4.79 Å². The van der Waals surface area contributed by atoms with Crippen molar-refractivity contribution in [3.8, 4) is 0 Å². The third kappa shape index (κ3) is 4.09. The first kappa shape index (κ1) is 15.6. The standard InChI is InChI=1S/C16H25N3O2/c1-12-8-14(10-17-9-12)19-7-6-18(11-13(19)2)15(20)21-16(3,4)5/h8-10,13H,6-7,11H2,1-5H3. The molecule has 0 radical (unpaired) electrons. The smallest absolute Gasteiger partial charge is 0.410 e. The number of pyridine rings is 1. The Morgan fingerprint density at radius 3 is 2.62 bits per heavy atom. The lowest BCUT2D eigenvalue weighted by atomic mass is 10.1. The van der Waals surface area contributed by atoms with Gasteiger partial charge in [-0.15, -0.1) is 0 Å². The molecule has 1 amide bonds. The Labute approximate surface area is 126 Å². The summed E-state index contributed by atoms with van der Waals surface area (Å²) < 4.78 is 5.44. The van der Waals surface area contributed by atoms with Crippen LogP contribution in [0.15, 0.2) is 18.5 Å². The molecular formula is C16H25N3O2. The van der Waals surface area contributed by atoms with Gasteiger partial charge in [-0.1, -0.05) is 0 Å². The van der Waals surface area contributed by atoms with Crippen molar-refractivity contribution in [3.63, 3.8) is 0 Å². The fraction of sp³-hybridized carbons (Fsp3) is 0.625. The molecule has 116 valence electrons. The Morgan fingerprint density at radius 1 is 1.33 bits per heavy atom. The molecule has 5 heteroatoms. The molecule has 5 nitrogen and oxygen atoms in total. The van der Waals surface area contributed by atoms with Crippen molar-refractivity contribution in [1.82, 2.24) is 9.88 Å². The molecular weight excluding hydrogens is 266 g/mol. The molecule has 1 aromatic heterocycles. The van der Waals surface area contributed by atoms with Gasteiger partial charge < -0.3 is 14.5 Å². The number of piperazine rings is 1. The van der Waals surface area contributed by atoms with Gasteiger partial charge in [0.2, 0.25) is 0 Å². The number of rotatable bonds is 1. The minimum Gasteiger partial charge on any atom is -0.444 e. The predicted octanol–water partition coefficient (Wildman–Crippen LogP) is 2.84. The summed E-state index contributed by atoms with van der Waals surface area (Å²) in [5, 5.41) is 0. The summed E-state index contributed by atoms with van der Waals surface area (Å²) in [4.78, 5) is 20.5. The molecule has 1 aliphatic heterocycles. The predicted molar refractivity (Wildman–Crippen MR) is 83.6 cm³/mol. The van der Waals surface area contributed by atoms with E-state index in [1.54, 1.807) is 4.90 Å². The number of carbonyl (C=O) groups is 1. The van der Waals surface area contributed by atoms with Crippen molar-refractivity contribution in [1.29, 1.82) is 0 Å². The van der Waals surface area contributed by atoms with Crippen molar-refractivity contribution >= 4 is 11.8 Å². The molecule has 1 aromatic rings. The lowest BCUT2D eigenvalue weighted by Crippen LogP contribution is -2.54. The monoisotopic (exact) mass is 291 g/mol. The molecule has 1 atom stereocenters.